The van der Waals surface area contributed by atoms with Crippen molar-refractivity contribution >= 4 is 16.3 Å². The maximum absolute atomic E-state index is 6.47. The molecule has 1 nitrogen and oxygen atoms in total. The lowest BCUT2D eigenvalue weighted by atomic mass is 9.64. The zero-order chi connectivity index (χ0) is 24.9. The Morgan fingerprint density at radius 2 is 1.42 bits per heavy atom. The van der Waals surface area contributed by atoms with Gasteiger partial charge < -0.3 is 4.74 Å². The minimum absolute atomic E-state index is 0.0648. The zero-order valence-electron chi connectivity index (χ0n) is 21.8. The Balaban J connectivity index is 1.54. The van der Waals surface area contributed by atoms with Gasteiger partial charge >= 0.3 is 0 Å². The van der Waals surface area contributed by atoms with Gasteiger partial charge in [0.2, 0.25) is 0 Å². The average Bonchev–Trinajstić information content (AvgIpc) is 2.86. The zero-order valence-corrected chi connectivity index (χ0v) is 21.8. The fourth-order valence-electron chi connectivity index (χ4n) is 6.29. The molecule has 0 heterocycles. The van der Waals surface area contributed by atoms with Crippen LogP contribution in [0.15, 0.2) is 103 Å². The fraction of sp³-hybridized carbons (Fsp3) is 0.257. The molecule has 0 spiro atoms. The maximum atomic E-state index is 6.47. The highest BCUT2D eigenvalue weighted by Crippen LogP contribution is 2.52. The van der Waals surface area contributed by atoms with Gasteiger partial charge in [0.25, 0.3) is 0 Å². The highest BCUT2D eigenvalue weighted by molar-refractivity contribution is 6.04. The summed E-state index contributed by atoms with van der Waals surface area (Å²) in [6, 6.07) is 30.3. The second-order valence-electron chi connectivity index (χ2n) is 11.7. The monoisotopic (exact) mass is 470 g/mol. The molecule has 0 radical (unpaired) electrons. The summed E-state index contributed by atoms with van der Waals surface area (Å²) in [6.07, 6.45) is 7.03. The minimum Gasteiger partial charge on any atom is -0.488 e. The average molecular weight is 471 g/mol. The normalized spacial score (nSPS) is 17.6. The highest BCUT2D eigenvalue weighted by Gasteiger charge is 2.36. The topological polar surface area (TPSA) is 9.23 Å². The van der Waals surface area contributed by atoms with Crippen molar-refractivity contribution in [1.29, 1.82) is 0 Å². The van der Waals surface area contributed by atoms with Gasteiger partial charge in [-0.05, 0) is 68.3 Å². The summed E-state index contributed by atoms with van der Waals surface area (Å²) in [6.45, 7) is 10.1. The summed E-state index contributed by atoms with van der Waals surface area (Å²) in [4.78, 5) is 0. The summed E-state index contributed by atoms with van der Waals surface area (Å²) in [5.41, 5.74) is 9.76. The van der Waals surface area contributed by atoms with Crippen LogP contribution in [0, 0.1) is 5.41 Å². The van der Waals surface area contributed by atoms with E-state index in [9.17, 15) is 0 Å². The smallest absolute Gasteiger partial charge is 0.128 e. The molecule has 1 heteroatoms. The van der Waals surface area contributed by atoms with Crippen LogP contribution in [0.3, 0.4) is 0 Å². The Morgan fingerprint density at radius 1 is 0.722 bits per heavy atom. The van der Waals surface area contributed by atoms with E-state index in [2.05, 4.69) is 119 Å². The van der Waals surface area contributed by atoms with Gasteiger partial charge in [-0.15, -0.1) is 0 Å². The number of hydrogen-bond donors (Lipinski definition) is 0. The fourth-order valence-corrected chi connectivity index (χ4v) is 6.29. The van der Waals surface area contributed by atoms with E-state index in [0.717, 1.165) is 18.6 Å². The van der Waals surface area contributed by atoms with Crippen LogP contribution in [0.4, 0.5) is 0 Å². The molecule has 180 valence electrons. The Bertz CT molecular complexity index is 1500. The van der Waals surface area contributed by atoms with Crippen LogP contribution < -0.4 is 4.74 Å². The predicted molar refractivity (Wildman–Crippen MR) is 152 cm³/mol. The maximum Gasteiger partial charge on any atom is 0.128 e. The molecule has 0 saturated heterocycles. The van der Waals surface area contributed by atoms with Crippen molar-refractivity contribution in [3.63, 3.8) is 0 Å². The van der Waals surface area contributed by atoms with E-state index in [1.807, 2.05) is 6.07 Å². The molecule has 2 aliphatic carbocycles. The van der Waals surface area contributed by atoms with Crippen molar-refractivity contribution in [1.82, 2.24) is 0 Å². The molecule has 0 bridgehead atoms. The van der Waals surface area contributed by atoms with Crippen molar-refractivity contribution in [3.05, 3.63) is 119 Å². The summed E-state index contributed by atoms with van der Waals surface area (Å²) in [5, 5.41) is 2.61. The number of allylic oxidation sites excluding steroid dienone is 4. The van der Waals surface area contributed by atoms with Gasteiger partial charge in [0, 0.05) is 5.56 Å². The Labute approximate surface area is 215 Å². The first-order chi connectivity index (χ1) is 17.3. The second-order valence-corrected chi connectivity index (χ2v) is 11.7. The standard InChI is InChI=1S/C35H34O/c1-34(2)20-19-27-26(21-34)22-35(3,4)33-29(27)16-15-28-30(33)17-18-31(32(28)25-13-9-6-10-14-25)36-23-24-11-7-5-8-12-24/h5-20H,21-23H2,1-4H3. The Kier molecular flexibility index (Phi) is 5.41. The van der Waals surface area contributed by atoms with Crippen molar-refractivity contribution < 1.29 is 4.74 Å². The second kappa shape index (κ2) is 8.52. The lowest BCUT2D eigenvalue weighted by Gasteiger charge is -2.40. The van der Waals surface area contributed by atoms with Crippen LogP contribution in [-0.2, 0) is 12.0 Å². The van der Waals surface area contributed by atoms with Crippen molar-refractivity contribution in [2.75, 3.05) is 0 Å². The van der Waals surface area contributed by atoms with Crippen LogP contribution in [0.25, 0.3) is 27.5 Å². The van der Waals surface area contributed by atoms with E-state index in [4.69, 9.17) is 4.74 Å². The van der Waals surface area contributed by atoms with Gasteiger partial charge in [-0.2, -0.15) is 0 Å². The molecule has 0 amide bonds. The summed E-state index contributed by atoms with van der Waals surface area (Å²) in [7, 11) is 0. The van der Waals surface area contributed by atoms with Gasteiger partial charge in [-0.3, -0.25) is 0 Å². The lowest BCUT2D eigenvalue weighted by molar-refractivity contribution is 0.308. The third kappa shape index (κ3) is 3.97. The minimum atomic E-state index is 0.0648. The molecule has 0 N–H and O–H groups in total. The van der Waals surface area contributed by atoms with Gasteiger partial charge in [0.15, 0.2) is 0 Å². The van der Waals surface area contributed by atoms with Gasteiger partial charge in [-0.25, -0.2) is 0 Å². The number of benzene rings is 4. The molecule has 0 saturated carbocycles. The van der Waals surface area contributed by atoms with Crippen LogP contribution in [-0.4, -0.2) is 0 Å². The van der Waals surface area contributed by atoms with E-state index in [-0.39, 0.29) is 10.8 Å². The Morgan fingerprint density at radius 3 is 2.17 bits per heavy atom. The highest BCUT2D eigenvalue weighted by atomic mass is 16.5. The third-order valence-corrected chi connectivity index (χ3v) is 7.84. The summed E-state index contributed by atoms with van der Waals surface area (Å²) < 4.78 is 6.47. The first-order valence-corrected chi connectivity index (χ1v) is 13.1. The molecule has 0 aliphatic heterocycles. The van der Waals surface area contributed by atoms with Crippen molar-refractivity contribution in [2.24, 2.45) is 5.41 Å². The molecular formula is C35H34O. The van der Waals surface area contributed by atoms with Crippen LogP contribution in [0.2, 0.25) is 0 Å². The third-order valence-electron chi connectivity index (χ3n) is 7.84. The SMILES string of the molecule is CC1(C)C=CC2=C(C1)CC(C)(C)c1c2ccc2c(-c3ccccc3)c(OCc3ccccc3)ccc12. The van der Waals surface area contributed by atoms with Gasteiger partial charge in [0.1, 0.15) is 12.4 Å². The first-order valence-electron chi connectivity index (χ1n) is 13.1. The predicted octanol–water partition coefficient (Wildman–Crippen LogP) is 9.51. The summed E-state index contributed by atoms with van der Waals surface area (Å²) in [5.74, 6) is 0.935. The number of rotatable bonds is 4. The molecule has 0 unspecified atom stereocenters. The van der Waals surface area contributed by atoms with E-state index in [1.54, 1.807) is 5.57 Å². The molecule has 0 fully saturated rings. The molecule has 2 aliphatic rings. The van der Waals surface area contributed by atoms with Crippen LogP contribution in [0.1, 0.15) is 57.2 Å². The van der Waals surface area contributed by atoms with E-state index >= 15 is 0 Å². The number of fused-ring (bicyclic) bond motifs is 4. The lowest BCUT2D eigenvalue weighted by Crippen LogP contribution is -2.28. The molecular weight excluding hydrogens is 436 g/mol. The van der Waals surface area contributed by atoms with Crippen molar-refractivity contribution in [2.45, 2.75) is 52.6 Å². The molecule has 4 aromatic carbocycles. The van der Waals surface area contributed by atoms with Gasteiger partial charge in [0.05, 0.1) is 0 Å². The van der Waals surface area contributed by atoms with E-state index in [1.165, 1.54) is 44.2 Å². The van der Waals surface area contributed by atoms with Crippen LogP contribution >= 0.6 is 0 Å². The number of hydrogen-bond acceptors (Lipinski definition) is 1. The largest absolute Gasteiger partial charge is 0.488 e. The first kappa shape index (κ1) is 22.9. The molecule has 36 heavy (non-hydrogen) atoms. The van der Waals surface area contributed by atoms with E-state index in [0.29, 0.717) is 6.61 Å². The Hall–Kier alpha value is -3.58. The van der Waals surface area contributed by atoms with Crippen LogP contribution in [0.5, 0.6) is 5.75 Å². The quantitative estimate of drug-likeness (QED) is 0.288. The summed E-state index contributed by atoms with van der Waals surface area (Å²) >= 11 is 0. The molecule has 6 rings (SSSR count). The molecule has 0 atom stereocenters. The van der Waals surface area contributed by atoms with Gasteiger partial charge in [-0.1, -0.05) is 124 Å². The molecule has 4 aromatic rings. The molecule has 0 aromatic heterocycles. The number of ether oxygens (including phenoxy) is 1. The van der Waals surface area contributed by atoms with E-state index < -0.39 is 0 Å². The van der Waals surface area contributed by atoms with Crippen molar-refractivity contribution in [3.8, 4) is 16.9 Å².